The lowest BCUT2D eigenvalue weighted by molar-refractivity contribution is -0.136. The summed E-state index contributed by atoms with van der Waals surface area (Å²) < 4.78 is 0. The summed E-state index contributed by atoms with van der Waals surface area (Å²) in [5.74, 6) is 2.66. The van der Waals surface area contributed by atoms with Crippen molar-refractivity contribution < 1.29 is 9.59 Å². The van der Waals surface area contributed by atoms with E-state index in [1.807, 2.05) is 20.8 Å². The van der Waals surface area contributed by atoms with Crippen molar-refractivity contribution >= 4 is 11.8 Å². The van der Waals surface area contributed by atoms with E-state index in [4.69, 9.17) is 6.42 Å². The highest BCUT2D eigenvalue weighted by atomic mass is 16.2. The van der Waals surface area contributed by atoms with Crippen molar-refractivity contribution in [2.45, 2.75) is 52.1 Å². The molecule has 4 nitrogen and oxygen atoms in total. The van der Waals surface area contributed by atoms with Crippen molar-refractivity contribution in [1.82, 2.24) is 10.2 Å². The lowest BCUT2D eigenvalue weighted by atomic mass is 9.97. The maximum atomic E-state index is 12.5. The summed E-state index contributed by atoms with van der Waals surface area (Å²) >= 11 is 0. The highest BCUT2D eigenvalue weighted by Gasteiger charge is 2.34. The summed E-state index contributed by atoms with van der Waals surface area (Å²) in [5, 5.41) is 2.82. The van der Waals surface area contributed by atoms with Gasteiger partial charge in [0.1, 0.15) is 6.04 Å². The zero-order valence-corrected chi connectivity index (χ0v) is 11.4. The van der Waals surface area contributed by atoms with Crippen LogP contribution in [0.3, 0.4) is 0 Å². The molecule has 1 saturated heterocycles. The van der Waals surface area contributed by atoms with Crippen LogP contribution in [0.25, 0.3) is 0 Å². The lowest BCUT2D eigenvalue weighted by Gasteiger charge is -2.30. The molecule has 1 heterocycles. The Labute approximate surface area is 109 Å². The molecule has 0 aliphatic carbocycles. The van der Waals surface area contributed by atoms with Gasteiger partial charge in [-0.05, 0) is 12.8 Å². The van der Waals surface area contributed by atoms with E-state index in [0.717, 1.165) is 6.42 Å². The fourth-order valence-corrected chi connectivity index (χ4v) is 2.16. The van der Waals surface area contributed by atoms with E-state index in [1.165, 1.54) is 0 Å². The third kappa shape index (κ3) is 3.25. The van der Waals surface area contributed by atoms with Crippen LogP contribution in [0.15, 0.2) is 0 Å². The van der Waals surface area contributed by atoms with Crippen molar-refractivity contribution in [3.05, 3.63) is 0 Å². The third-order valence-corrected chi connectivity index (χ3v) is 3.60. The predicted octanol–water partition coefficient (Wildman–Crippen LogP) is 1.16. The van der Waals surface area contributed by atoms with Gasteiger partial charge in [-0.15, -0.1) is 12.3 Å². The van der Waals surface area contributed by atoms with Crippen LogP contribution in [-0.2, 0) is 9.59 Å². The number of carbonyl (C=O) groups is 2. The molecule has 4 heteroatoms. The largest absolute Gasteiger partial charge is 0.344 e. The second kappa shape index (κ2) is 6.44. The molecule has 0 aromatic rings. The Balaban J connectivity index is 2.89. The summed E-state index contributed by atoms with van der Waals surface area (Å²) in [6.45, 7) is 6.39. The molecule has 1 N–H and O–H groups in total. The number of amides is 2. The summed E-state index contributed by atoms with van der Waals surface area (Å²) in [6, 6.07) is -0.424. The maximum Gasteiger partial charge on any atom is 0.245 e. The molecule has 1 aliphatic heterocycles. The van der Waals surface area contributed by atoms with Gasteiger partial charge in [-0.1, -0.05) is 20.3 Å². The number of hydrogen-bond acceptors (Lipinski definition) is 2. The minimum absolute atomic E-state index is 0.00190. The topological polar surface area (TPSA) is 49.4 Å². The first-order valence-corrected chi connectivity index (χ1v) is 6.54. The number of carbonyl (C=O) groups excluding carboxylic acids is 2. The molecule has 2 amide bonds. The first-order chi connectivity index (χ1) is 8.51. The highest BCUT2D eigenvalue weighted by molar-refractivity contribution is 5.90. The van der Waals surface area contributed by atoms with Crippen LogP contribution in [0.4, 0.5) is 0 Å². The second-order valence-electron chi connectivity index (χ2n) is 4.97. The molecule has 0 aromatic heterocycles. The van der Waals surface area contributed by atoms with Crippen LogP contribution in [0.5, 0.6) is 0 Å². The quantitative estimate of drug-likeness (QED) is 0.761. The molecule has 0 aromatic carbocycles. The number of hydrogen-bond donors (Lipinski definition) is 1. The third-order valence-electron chi connectivity index (χ3n) is 3.60. The Morgan fingerprint density at radius 3 is 2.72 bits per heavy atom. The van der Waals surface area contributed by atoms with Gasteiger partial charge in [-0.3, -0.25) is 9.59 Å². The second-order valence-corrected chi connectivity index (χ2v) is 4.97. The van der Waals surface area contributed by atoms with Crippen molar-refractivity contribution in [1.29, 1.82) is 0 Å². The van der Waals surface area contributed by atoms with Crippen molar-refractivity contribution in [2.75, 3.05) is 6.54 Å². The first-order valence-electron chi connectivity index (χ1n) is 6.54. The molecule has 1 rings (SSSR count). The van der Waals surface area contributed by atoms with E-state index in [2.05, 4.69) is 11.2 Å². The molecule has 0 spiro atoms. The van der Waals surface area contributed by atoms with Gasteiger partial charge in [0.15, 0.2) is 0 Å². The average Bonchev–Trinajstić information content (AvgIpc) is 2.49. The number of nitrogens with one attached hydrogen (secondary N) is 1. The molecule has 1 aliphatic rings. The van der Waals surface area contributed by atoms with Crippen molar-refractivity contribution in [3.63, 3.8) is 0 Å². The lowest BCUT2D eigenvalue weighted by Crippen LogP contribution is -2.50. The van der Waals surface area contributed by atoms with Gasteiger partial charge in [-0.25, -0.2) is 0 Å². The first kappa shape index (κ1) is 14.6. The van der Waals surface area contributed by atoms with Crippen LogP contribution in [0.2, 0.25) is 0 Å². The molecule has 1 fully saturated rings. The maximum absolute atomic E-state index is 12.5. The van der Waals surface area contributed by atoms with Crippen LogP contribution in [-0.4, -0.2) is 35.3 Å². The average molecular weight is 250 g/mol. The fraction of sp³-hybridized carbons (Fsp3) is 0.714. The summed E-state index contributed by atoms with van der Waals surface area (Å²) in [5.41, 5.74) is 0. The minimum Gasteiger partial charge on any atom is -0.344 e. The van der Waals surface area contributed by atoms with E-state index in [9.17, 15) is 9.59 Å². The van der Waals surface area contributed by atoms with E-state index in [-0.39, 0.29) is 23.8 Å². The highest BCUT2D eigenvalue weighted by Crippen LogP contribution is 2.17. The number of rotatable bonds is 4. The Kier molecular flexibility index (Phi) is 5.21. The van der Waals surface area contributed by atoms with Gasteiger partial charge in [-0.2, -0.15) is 0 Å². The Morgan fingerprint density at radius 2 is 2.17 bits per heavy atom. The monoisotopic (exact) mass is 250 g/mol. The molecular weight excluding hydrogens is 228 g/mol. The molecule has 0 radical (unpaired) electrons. The number of terminal acetylenes is 1. The standard InChI is InChI=1S/C14H22N2O2/c1-5-7-11(4)16-9-8-12(17)15-13(14(16)18)10(3)6-2/h1,10-11,13H,6-9H2,2-4H3,(H,15,17). The smallest absolute Gasteiger partial charge is 0.245 e. The van der Waals surface area contributed by atoms with Crippen molar-refractivity contribution in [2.24, 2.45) is 5.92 Å². The Bertz CT molecular complexity index is 359. The number of nitrogens with zero attached hydrogens (tertiary/aromatic N) is 1. The van der Waals surface area contributed by atoms with E-state index in [0.29, 0.717) is 19.4 Å². The van der Waals surface area contributed by atoms with Gasteiger partial charge < -0.3 is 10.2 Å². The molecule has 100 valence electrons. The zero-order valence-electron chi connectivity index (χ0n) is 11.4. The summed E-state index contributed by atoms with van der Waals surface area (Å²) in [6.07, 6.45) is 7.03. The van der Waals surface area contributed by atoms with Gasteiger partial charge in [0.2, 0.25) is 11.8 Å². The predicted molar refractivity (Wildman–Crippen MR) is 70.6 cm³/mol. The molecule has 3 atom stereocenters. The van der Waals surface area contributed by atoms with Gasteiger partial charge in [0.05, 0.1) is 0 Å². The van der Waals surface area contributed by atoms with Crippen molar-refractivity contribution in [3.8, 4) is 12.3 Å². The summed E-state index contributed by atoms with van der Waals surface area (Å²) in [4.78, 5) is 25.9. The Hall–Kier alpha value is -1.50. The minimum atomic E-state index is -0.412. The molecular formula is C14H22N2O2. The van der Waals surface area contributed by atoms with E-state index in [1.54, 1.807) is 4.90 Å². The van der Waals surface area contributed by atoms with Crippen LogP contribution in [0, 0.1) is 18.3 Å². The molecule has 3 unspecified atom stereocenters. The molecule has 0 saturated carbocycles. The molecule has 18 heavy (non-hydrogen) atoms. The van der Waals surface area contributed by atoms with E-state index >= 15 is 0 Å². The van der Waals surface area contributed by atoms with Gasteiger partial charge in [0, 0.05) is 25.4 Å². The van der Waals surface area contributed by atoms with Crippen LogP contribution in [0.1, 0.15) is 40.0 Å². The van der Waals surface area contributed by atoms with Gasteiger partial charge in [0.25, 0.3) is 0 Å². The summed E-state index contributed by atoms with van der Waals surface area (Å²) in [7, 11) is 0. The van der Waals surface area contributed by atoms with Crippen LogP contribution >= 0.6 is 0 Å². The van der Waals surface area contributed by atoms with E-state index < -0.39 is 6.04 Å². The molecule has 0 bridgehead atoms. The normalized spacial score (nSPS) is 23.9. The SMILES string of the molecule is C#CCC(C)N1CCC(=O)NC(C(C)CC)C1=O. The Morgan fingerprint density at radius 1 is 1.50 bits per heavy atom. The fourth-order valence-electron chi connectivity index (χ4n) is 2.16. The van der Waals surface area contributed by atoms with Gasteiger partial charge >= 0.3 is 0 Å². The van der Waals surface area contributed by atoms with Crippen LogP contribution < -0.4 is 5.32 Å². The zero-order chi connectivity index (χ0) is 13.7.